The van der Waals surface area contributed by atoms with Gasteiger partial charge in [-0.2, -0.15) is 0 Å². The highest BCUT2D eigenvalue weighted by atomic mass is 79.9. The number of pyridine rings is 1. The molecule has 0 saturated heterocycles. The fourth-order valence-corrected chi connectivity index (χ4v) is 2.80. The first kappa shape index (κ1) is 18.7. The number of rotatable bonds is 9. The number of halogens is 1. The number of anilines is 2. The molecule has 0 radical (unpaired) electrons. The number of unbranched alkanes of at least 4 members (excludes halogenated alkanes) is 4. The molecule has 0 aliphatic carbocycles. The molecule has 0 atom stereocenters. The van der Waals surface area contributed by atoms with Gasteiger partial charge < -0.3 is 4.90 Å². The van der Waals surface area contributed by atoms with Gasteiger partial charge in [-0.25, -0.2) is 4.98 Å². The molecule has 2 aromatic rings. The van der Waals surface area contributed by atoms with E-state index in [0.29, 0.717) is 0 Å². The largest absolute Gasteiger partial charge is 0.323 e. The van der Waals surface area contributed by atoms with Crippen molar-refractivity contribution in [3.63, 3.8) is 0 Å². The second-order valence-electron chi connectivity index (χ2n) is 6.10. The zero-order chi connectivity index (χ0) is 17.2. The lowest BCUT2D eigenvalue weighted by atomic mass is 10.1. The summed E-state index contributed by atoms with van der Waals surface area (Å²) in [5.74, 6) is 0.970. The molecule has 0 unspecified atom stereocenters. The number of hydrogen-bond acceptors (Lipinski definition) is 2. The predicted octanol–water partition coefficient (Wildman–Crippen LogP) is 6.82. The number of benzene rings is 1. The van der Waals surface area contributed by atoms with Crippen LogP contribution >= 0.6 is 15.9 Å². The van der Waals surface area contributed by atoms with Crippen LogP contribution < -0.4 is 4.90 Å². The molecule has 0 amide bonds. The standard InChI is InChI=1S/C21H27BrN2/c1-3-4-5-6-7-8-9-16-24(20-13-10-18(2)11-14-20)21-15-12-19(22)17-23-21/h8-15,17H,3-7,16H2,1-2H3/b9-8+. The minimum absolute atomic E-state index is 0.839. The molecule has 0 saturated carbocycles. The van der Waals surface area contributed by atoms with Gasteiger partial charge in [0.25, 0.3) is 0 Å². The van der Waals surface area contributed by atoms with Crippen LogP contribution in [0.3, 0.4) is 0 Å². The molecule has 128 valence electrons. The Balaban J connectivity index is 2.04. The maximum absolute atomic E-state index is 4.56. The van der Waals surface area contributed by atoms with E-state index in [0.717, 1.165) is 23.3 Å². The van der Waals surface area contributed by atoms with Crippen LogP contribution in [-0.2, 0) is 0 Å². The van der Waals surface area contributed by atoms with E-state index >= 15 is 0 Å². The summed E-state index contributed by atoms with van der Waals surface area (Å²) in [5.41, 5.74) is 2.44. The van der Waals surface area contributed by atoms with E-state index < -0.39 is 0 Å². The second-order valence-corrected chi connectivity index (χ2v) is 7.02. The van der Waals surface area contributed by atoms with Crippen molar-refractivity contribution in [3.05, 3.63) is 64.8 Å². The van der Waals surface area contributed by atoms with Gasteiger partial charge in [0.15, 0.2) is 0 Å². The molecule has 0 aliphatic rings. The molecule has 0 N–H and O–H groups in total. The maximum atomic E-state index is 4.56. The number of allylic oxidation sites excluding steroid dienone is 1. The third kappa shape index (κ3) is 6.12. The van der Waals surface area contributed by atoms with E-state index in [2.05, 4.69) is 82.1 Å². The molecule has 1 heterocycles. The maximum Gasteiger partial charge on any atom is 0.133 e. The first-order chi connectivity index (χ1) is 11.7. The van der Waals surface area contributed by atoms with Crippen LogP contribution in [0.5, 0.6) is 0 Å². The van der Waals surface area contributed by atoms with Crippen molar-refractivity contribution in [3.8, 4) is 0 Å². The van der Waals surface area contributed by atoms with E-state index in [1.54, 1.807) is 0 Å². The molecule has 2 nitrogen and oxygen atoms in total. The van der Waals surface area contributed by atoms with Crippen LogP contribution in [0.4, 0.5) is 11.5 Å². The summed E-state index contributed by atoms with van der Waals surface area (Å²) in [6.07, 6.45) is 12.8. The Hall–Kier alpha value is -1.61. The van der Waals surface area contributed by atoms with Crippen molar-refractivity contribution in [2.75, 3.05) is 11.4 Å². The third-order valence-corrected chi connectivity index (χ3v) is 4.48. The van der Waals surface area contributed by atoms with Crippen LogP contribution in [0.25, 0.3) is 0 Å². The summed E-state index contributed by atoms with van der Waals surface area (Å²) in [6.45, 7) is 5.20. The van der Waals surface area contributed by atoms with Gasteiger partial charge in [-0.1, -0.05) is 56.0 Å². The van der Waals surface area contributed by atoms with Crippen LogP contribution in [0, 0.1) is 6.92 Å². The molecule has 0 aliphatic heterocycles. The molecule has 1 aromatic heterocycles. The normalized spacial score (nSPS) is 11.1. The van der Waals surface area contributed by atoms with Crippen LogP contribution in [0.2, 0.25) is 0 Å². The number of aromatic nitrogens is 1. The first-order valence-electron chi connectivity index (χ1n) is 8.81. The summed E-state index contributed by atoms with van der Waals surface area (Å²) in [7, 11) is 0. The third-order valence-electron chi connectivity index (χ3n) is 4.01. The lowest BCUT2D eigenvalue weighted by molar-refractivity contribution is 0.674. The van der Waals surface area contributed by atoms with E-state index in [1.165, 1.54) is 36.9 Å². The highest BCUT2D eigenvalue weighted by molar-refractivity contribution is 9.10. The second kappa shape index (κ2) is 10.3. The van der Waals surface area contributed by atoms with Gasteiger partial charge in [-0.15, -0.1) is 0 Å². The molecule has 0 fully saturated rings. The summed E-state index contributed by atoms with van der Waals surface area (Å²) in [5, 5.41) is 0. The minimum Gasteiger partial charge on any atom is -0.323 e. The minimum atomic E-state index is 0.839. The van der Waals surface area contributed by atoms with Crippen molar-refractivity contribution in [1.82, 2.24) is 4.98 Å². The number of hydrogen-bond donors (Lipinski definition) is 0. The van der Waals surface area contributed by atoms with Crippen LogP contribution in [0.1, 0.15) is 44.6 Å². The van der Waals surface area contributed by atoms with Gasteiger partial charge in [0, 0.05) is 22.9 Å². The molecule has 3 heteroatoms. The zero-order valence-electron chi connectivity index (χ0n) is 14.7. The molecular formula is C21H27BrN2. The summed E-state index contributed by atoms with van der Waals surface area (Å²) >= 11 is 3.46. The van der Waals surface area contributed by atoms with E-state index in [-0.39, 0.29) is 0 Å². The molecule has 24 heavy (non-hydrogen) atoms. The average Bonchev–Trinajstić information content (AvgIpc) is 2.60. The summed E-state index contributed by atoms with van der Waals surface area (Å²) in [6, 6.07) is 12.7. The Bertz CT molecular complexity index is 572. The first-order valence-corrected chi connectivity index (χ1v) is 9.60. The molecule has 2 rings (SSSR count). The molecular weight excluding hydrogens is 360 g/mol. The Morgan fingerprint density at radius 2 is 1.79 bits per heavy atom. The predicted molar refractivity (Wildman–Crippen MR) is 108 cm³/mol. The van der Waals surface area contributed by atoms with Crippen molar-refractivity contribution in [1.29, 1.82) is 0 Å². The Morgan fingerprint density at radius 3 is 2.46 bits per heavy atom. The quantitative estimate of drug-likeness (QED) is 0.347. The van der Waals surface area contributed by atoms with Gasteiger partial charge >= 0.3 is 0 Å². The smallest absolute Gasteiger partial charge is 0.133 e. The van der Waals surface area contributed by atoms with Gasteiger partial charge in [0.05, 0.1) is 0 Å². The van der Waals surface area contributed by atoms with Gasteiger partial charge in [-0.3, -0.25) is 0 Å². The van der Waals surface area contributed by atoms with E-state index in [1.807, 2.05) is 12.3 Å². The monoisotopic (exact) mass is 386 g/mol. The van der Waals surface area contributed by atoms with Gasteiger partial charge in [0.1, 0.15) is 5.82 Å². The van der Waals surface area contributed by atoms with Gasteiger partial charge in [-0.05, 0) is 60.0 Å². The Kier molecular flexibility index (Phi) is 8.03. The van der Waals surface area contributed by atoms with E-state index in [9.17, 15) is 0 Å². The average molecular weight is 387 g/mol. The molecule has 0 bridgehead atoms. The lowest BCUT2D eigenvalue weighted by Crippen LogP contribution is -2.18. The Labute approximate surface area is 154 Å². The van der Waals surface area contributed by atoms with Crippen molar-refractivity contribution < 1.29 is 0 Å². The molecule has 0 spiro atoms. The number of nitrogens with zero attached hydrogens (tertiary/aromatic N) is 2. The van der Waals surface area contributed by atoms with E-state index in [4.69, 9.17) is 0 Å². The zero-order valence-corrected chi connectivity index (χ0v) is 16.3. The fourth-order valence-electron chi connectivity index (χ4n) is 2.57. The van der Waals surface area contributed by atoms with Crippen molar-refractivity contribution in [2.45, 2.75) is 46.0 Å². The fraction of sp³-hybridized carbons (Fsp3) is 0.381. The summed E-state index contributed by atoms with van der Waals surface area (Å²) in [4.78, 5) is 6.81. The lowest BCUT2D eigenvalue weighted by Gasteiger charge is -2.22. The van der Waals surface area contributed by atoms with Crippen LogP contribution in [-0.4, -0.2) is 11.5 Å². The highest BCUT2D eigenvalue weighted by Gasteiger charge is 2.08. The highest BCUT2D eigenvalue weighted by Crippen LogP contribution is 2.24. The molecule has 1 aromatic carbocycles. The summed E-state index contributed by atoms with van der Waals surface area (Å²) < 4.78 is 1.00. The van der Waals surface area contributed by atoms with Crippen LogP contribution in [0.15, 0.2) is 59.2 Å². The van der Waals surface area contributed by atoms with Crippen molar-refractivity contribution in [2.24, 2.45) is 0 Å². The Morgan fingerprint density at radius 1 is 1.00 bits per heavy atom. The number of aryl methyl sites for hydroxylation is 1. The SMILES string of the molecule is CCCCCC/C=C/CN(c1ccc(C)cc1)c1ccc(Br)cn1. The topological polar surface area (TPSA) is 16.1 Å². The van der Waals surface area contributed by atoms with Crippen molar-refractivity contribution >= 4 is 27.4 Å². The van der Waals surface area contributed by atoms with Gasteiger partial charge in [0.2, 0.25) is 0 Å².